The highest BCUT2D eigenvalue weighted by atomic mass is 16.6. The van der Waals surface area contributed by atoms with Crippen LogP contribution >= 0.6 is 0 Å². The van der Waals surface area contributed by atoms with E-state index in [2.05, 4.69) is 15.3 Å². The van der Waals surface area contributed by atoms with Crippen LogP contribution in [-0.2, 0) is 4.74 Å². The van der Waals surface area contributed by atoms with Crippen molar-refractivity contribution >= 4 is 29.3 Å². The molecule has 1 aliphatic rings. The molecule has 0 aliphatic carbocycles. The van der Waals surface area contributed by atoms with E-state index in [0.29, 0.717) is 44.2 Å². The molecular formula is C20H23N5O4. The van der Waals surface area contributed by atoms with Crippen LogP contribution in [0.25, 0.3) is 0 Å². The van der Waals surface area contributed by atoms with Crippen LogP contribution in [0.3, 0.4) is 0 Å². The number of amides is 2. The molecule has 0 saturated carbocycles. The van der Waals surface area contributed by atoms with E-state index in [1.165, 1.54) is 19.3 Å². The summed E-state index contributed by atoms with van der Waals surface area (Å²) in [6.45, 7) is 5.29. The van der Waals surface area contributed by atoms with Gasteiger partial charge in [0.1, 0.15) is 11.5 Å². The summed E-state index contributed by atoms with van der Waals surface area (Å²) in [5.74, 6) is 0.268. The van der Waals surface area contributed by atoms with Gasteiger partial charge in [-0.1, -0.05) is 0 Å². The lowest BCUT2D eigenvalue weighted by atomic mass is 10.1. The second-order valence-electron chi connectivity index (χ2n) is 6.52. The molecule has 0 atom stereocenters. The van der Waals surface area contributed by atoms with Crippen molar-refractivity contribution < 1.29 is 19.1 Å². The Morgan fingerprint density at radius 3 is 2.21 bits per heavy atom. The number of ether oxygens (including phenoxy) is 1. The maximum atomic E-state index is 12.6. The van der Waals surface area contributed by atoms with Gasteiger partial charge in [0, 0.05) is 37.4 Å². The number of carbonyl (C=O) groups is 3. The van der Waals surface area contributed by atoms with Crippen molar-refractivity contribution in [2.75, 3.05) is 38.1 Å². The average molecular weight is 397 g/mol. The van der Waals surface area contributed by atoms with E-state index in [1.54, 1.807) is 41.0 Å². The Hall–Kier alpha value is -3.49. The summed E-state index contributed by atoms with van der Waals surface area (Å²) < 4.78 is 4.98. The summed E-state index contributed by atoms with van der Waals surface area (Å²) in [5, 5.41) is 3.08. The number of rotatable bonds is 5. The summed E-state index contributed by atoms with van der Waals surface area (Å²) in [6, 6.07) is 7.01. The van der Waals surface area contributed by atoms with Gasteiger partial charge in [0.25, 0.3) is 5.91 Å². The number of hydrogen-bond donors (Lipinski definition) is 1. The highest BCUT2D eigenvalue weighted by Gasteiger charge is 2.26. The smallest absolute Gasteiger partial charge is 0.409 e. The molecule has 1 saturated heterocycles. The topological polar surface area (TPSA) is 105 Å². The van der Waals surface area contributed by atoms with E-state index in [1.807, 2.05) is 0 Å². The summed E-state index contributed by atoms with van der Waals surface area (Å²) >= 11 is 0. The van der Waals surface area contributed by atoms with Gasteiger partial charge in [-0.3, -0.25) is 9.59 Å². The van der Waals surface area contributed by atoms with E-state index in [0.717, 1.165) is 5.69 Å². The van der Waals surface area contributed by atoms with Gasteiger partial charge >= 0.3 is 6.09 Å². The van der Waals surface area contributed by atoms with Gasteiger partial charge in [0.05, 0.1) is 19.0 Å². The van der Waals surface area contributed by atoms with Gasteiger partial charge in [-0.15, -0.1) is 0 Å². The molecule has 1 N–H and O–H groups in total. The van der Waals surface area contributed by atoms with E-state index in [9.17, 15) is 14.4 Å². The lowest BCUT2D eigenvalue weighted by Gasteiger charge is -2.33. The minimum atomic E-state index is -0.355. The Morgan fingerprint density at radius 2 is 1.66 bits per heavy atom. The number of nitrogens with zero attached hydrogens (tertiary/aromatic N) is 4. The van der Waals surface area contributed by atoms with E-state index in [-0.39, 0.29) is 23.5 Å². The number of nitrogens with one attached hydrogen (secondary N) is 1. The van der Waals surface area contributed by atoms with Crippen molar-refractivity contribution in [3.05, 3.63) is 47.9 Å². The first-order valence-corrected chi connectivity index (χ1v) is 9.39. The molecule has 2 amide bonds. The van der Waals surface area contributed by atoms with Crippen LogP contribution in [0.4, 0.5) is 16.3 Å². The van der Waals surface area contributed by atoms with Crippen molar-refractivity contribution in [2.24, 2.45) is 0 Å². The van der Waals surface area contributed by atoms with Crippen LogP contribution in [0, 0.1) is 0 Å². The number of aromatic nitrogens is 2. The lowest BCUT2D eigenvalue weighted by molar-refractivity contribution is 0.0565. The minimum absolute atomic E-state index is 0.00213. The second kappa shape index (κ2) is 9.13. The maximum Gasteiger partial charge on any atom is 0.409 e. The summed E-state index contributed by atoms with van der Waals surface area (Å²) in [4.78, 5) is 47.3. The molecular weight excluding hydrogens is 374 g/mol. The summed E-state index contributed by atoms with van der Waals surface area (Å²) in [5.41, 5.74) is 1.64. The highest BCUT2D eigenvalue weighted by molar-refractivity contribution is 5.94. The number of Topliss-reactive ketones (excluding diaryl/α,β-unsaturated/α-hetero) is 1. The van der Waals surface area contributed by atoms with Crippen molar-refractivity contribution in [1.29, 1.82) is 0 Å². The third kappa shape index (κ3) is 5.07. The number of hydrogen-bond acceptors (Lipinski definition) is 7. The average Bonchev–Trinajstić information content (AvgIpc) is 2.74. The molecule has 0 bridgehead atoms. The maximum absolute atomic E-state index is 12.6. The Kier molecular flexibility index (Phi) is 6.38. The SMILES string of the molecule is CCOC(=O)N1CCN(C(=O)c2cnc(Nc3ccc(C(C)=O)cc3)cn2)CC1. The van der Waals surface area contributed by atoms with Gasteiger partial charge in [0.2, 0.25) is 0 Å². The molecule has 152 valence electrons. The fourth-order valence-electron chi connectivity index (χ4n) is 2.91. The number of carbonyl (C=O) groups excluding carboxylic acids is 3. The monoisotopic (exact) mass is 397 g/mol. The molecule has 1 aromatic heterocycles. The third-order valence-corrected chi connectivity index (χ3v) is 4.53. The van der Waals surface area contributed by atoms with Crippen LogP contribution in [0.5, 0.6) is 0 Å². The number of benzene rings is 1. The molecule has 0 unspecified atom stereocenters. The molecule has 1 aromatic carbocycles. The van der Waals surface area contributed by atoms with E-state index < -0.39 is 0 Å². The van der Waals surface area contributed by atoms with Crippen LogP contribution in [-0.4, -0.2) is 70.3 Å². The molecule has 1 aliphatic heterocycles. The van der Waals surface area contributed by atoms with E-state index >= 15 is 0 Å². The molecule has 9 nitrogen and oxygen atoms in total. The second-order valence-corrected chi connectivity index (χ2v) is 6.52. The molecule has 1 fully saturated rings. The molecule has 3 rings (SSSR count). The summed E-state index contributed by atoms with van der Waals surface area (Å²) in [7, 11) is 0. The van der Waals surface area contributed by atoms with Crippen molar-refractivity contribution in [3.63, 3.8) is 0 Å². The van der Waals surface area contributed by atoms with Gasteiger partial charge in [0.15, 0.2) is 5.78 Å². The fourth-order valence-corrected chi connectivity index (χ4v) is 2.91. The standard InChI is InChI=1S/C20H23N5O4/c1-3-29-20(28)25-10-8-24(9-11-25)19(27)17-12-22-18(13-21-17)23-16-6-4-15(5-7-16)14(2)26/h4-7,12-13H,3,8-11H2,1-2H3,(H,22,23). The number of ketones is 1. The van der Waals surface area contributed by atoms with Gasteiger partial charge in [-0.2, -0.15) is 0 Å². The fraction of sp³-hybridized carbons (Fsp3) is 0.350. The van der Waals surface area contributed by atoms with Crippen LogP contribution < -0.4 is 5.32 Å². The molecule has 2 aromatic rings. The molecule has 9 heteroatoms. The Morgan fingerprint density at radius 1 is 1.00 bits per heavy atom. The molecule has 0 radical (unpaired) electrons. The summed E-state index contributed by atoms with van der Waals surface area (Å²) in [6.07, 6.45) is 2.55. The normalized spacial score (nSPS) is 13.7. The van der Waals surface area contributed by atoms with Crippen molar-refractivity contribution in [2.45, 2.75) is 13.8 Å². The predicted octanol–water partition coefficient (Wildman–Crippen LogP) is 2.34. The first-order chi connectivity index (χ1) is 14.0. The third-order valence-electron chi connectivity index (χ3n) is 4.53. The van der Waals surface area contributed by atoms with E-state index in [4.69, 9.17) is 4.74 Å². The Balaban J connectivity index is 1.56. The largest absolute Gasteiger partial charge is 0.450 e. The van der Waals surface area contributed by atoms with Crippen molar-refractivity contribution in [3.8, 4) is 0 Å². The van der Waals surface area contributed by atoms with Gasteiger partial charge in [-0.25, -0.2) is 14.8 Å². The minimum Gasteiger partial charge on any atom is -0.450 e. The predicted molar refractivity (Wildman–Crippen MR) is 106 cm³/mol. The highest BCUT2D eigenvalue weighted by Crippen LogP contribution is 2.15. The molecule has 2 heterocycles. The zero-order valence-corrected chi connectivity index (χ0v) is 16.4. The number of piperazine rings is 1. The first-order valence-electron chi connectivity index (χ1n) is 9.39. The number of anilines is 2. The van der Waals surface area contributed by atoms with Gasteiger partial charge < -0.3 is 19.9 Å². The Labute approximate surface area is 168 Å². The van der Waals surface area contributed by atoms with Crippen LogP contribution in [0.15, 0.2) is 36.7 Å². The van der Waals surface area contributed by atoms with Crippen LogP contribution in [0.1, 0.15) is 34.7 Å². The molecule has 29 heavy (non-hydrogen) atoms. The lowest BCUT2D eigenvalue weighted by Crippen LogP contribution is -2.50. The van der Waals surface area contributed by atoms with Crippen molar-refractivity contribution in [1.82, 2.24) is 19.8 Å². The Bertz CT molecular complexity index is 875. The quantitative estimate of drug-likeness (QED) is 0.772. The van der Waals surface area contributed by atoms with Gasteiger partial charge in [-0.05, 0) is 38.1 Å². The molecule has 0 spiro atoms. The first kappa shape index (κ1) is 20.2. The van der Waals surface area contributed by atoms with Crippen LogP contribution in [0.2, 0.25) is 0 Å². The zero-order valence-electron chi connectivity index (χ0n) is 16.4. The zero-order chi connectivity index (χ0) is 20.8.